The van der Waals surface area contributed by atoms with Crippen LogP contribution in [-0.2, 0) is 30.8 Å². The zero-order chi connectivity index (χ0) is 16.4. The molecule has 1 aliphatic heterocycles. The molecule has 0 bridgehead atoms. The number of amides is 1. The van der Waals surface area contributed by atoms with E-state index in [9.17, 15) is 4.79 Å². The largest absolute Gasteiger partial charge is 0.379 e. The molecule has 2 aromatic rings. The van der Waals surface area contributed by atoms with Crippen LogP contribution in [0.25, 0.3) is 0 Å². The standard InChI is InChI=1S/C16H23N5O2/c1-4-19(9-12-8-17-20(5-2)10-12)16(22)15-7-13-6-14(23-3)11-21(13)18-15/h7-8,10,14H,4-6,9,11H2,1-3H3/t14-/m0/s1. The Hall–Kier alpha value is -2.15. The first kappa shape index (κ1) is 15.7. The molecular formula is C16H23N5O2. The number of carbonyl (C=O) groups excluding carboxylic acids is 1. The minimum Gasteiger partial charge on any atom is -0.379 e. The fraction of sp³-hybridized carbons (Fsp3) is 0.562. The second-order valence-corrected chi connectivity index (χ2v) is 5.79. The molecule has 0 aliphatic carbocycles. The summed E-state index contributed by atoms with van der Waals surface area (Å²) in [5, 5.41) is 8.70. The number of fused-ring (bicyclic) bond motifs is 1. The van der Waals surface area contributed by atoms with Crippen molar-refractivity contribution in [3.63, 3.8) is 0 Å². The summed E-state index contributed by atoms with van der Waals surface area (Å²) in [6, 6.07) is 1.89. The number of aromatic nitrogens is 4. The molecule has 0 fully saturated rings. The van der Waals surface area contributed by atoms with Crippen LogP contribution < -0.4 is 0 Å². The molecule has 0 aromatic carbocycles. The second-order valence-electron chi connectivity index (χ2n) is 5.79. The fourth-order valence-electron chi connectivity index (χ4n) is 2.90. The number of methoxy groups -OCH3 is 1. The molecule has 0 unspecified atom stereocenters. The predicted molar refractivity (Wildman–Crippen MR) is 85.0 cm³/mol. The van der Waals surface area contributed by atoms with E-state index in [1.54, 1.807) is 12.0 Å². The lowest BCUT2D eigenvalue weighted by Gasteiger charge is -2.19. The molecule has 3 rings (SSSR count). The summed E-state index contributed by atoms with van der Waals surface area (Å²) in [4.78, 5) is 14.5. The van der Waals surface area contributed by atoms with Crippen molar-refractivity contribution in [3.05, 3.63) is 35.4 Å². The topological polar surface area (TPSA) is 65.2 Å². The normalized spacial score (nSPS) is 16.6. The van der Waals surface area contributed by atoms with Gasteiger partial charge in [0.05, 0.1) is 18.8 Å². The van der Waals surface area contributed by atoms with E-state index in [1.165, 1.54) is 0 Å². The van der Waals surface area contributed by atoms with Crippen LogP contribution in [0.2, 0.25) is 0 Å². The van der Waals surface area contributed by atoms with Crippen molar-refractivity contribution in [1.82, 2.24) is 24.5 Å². The first-order chi connectivity index (χ1) is 11.1. The van der Waals surface area contributed by atoms with Gasteiger partial charge in [-0.05, 0) is 19.9 Å². The van der Waals surface area contributed by atoms with Crippen LogP contribution in [0.4, 0.5) is 0 Å². The van der Waals surface area contributed by atoms with Gasteiger partial charge in [-0.2, -0.15) is 10.2 Å². The molecule has 0 saturated carbocycles. The van der Waals surface area contributed by atoms with Gasteiger partial charge >= 0.3 is 0 Å². The van der Waals surface area contributed by atoms with Crippen molar-refractivity contribution in [2.24, 2.45) is 0 Å². The molecule has 124 valence electrons. The molecule has 1 atom stereocenters. The van der Waals surface area contributed by atoms with Crippen LogP contribution in [0.15, 0.2) is 18.5 Å². The Balaban J connectivity index is 1.71. The van der Waals surface area contributed by atoms with Crippen LogP contribution in [0.5, 0.6) is 0 Å². The maximum atomic E-state index is 12.7. The Morgan fingerprint density at radius 3 is 2.91 bits per heavy atom. The summed E-state index contributed by atoms with van der Waals surface area (Å²) in [6.45, 7) is 6.76. The number of nitrogens with zero attached hydrogens (tertiary/aromatic N) is 5. The molecule has 0 spiro atoms. The minimum absolute atomic E-state index is 0.0346. The number of aryl methyl sites for hydroxylation is 1. The zero-order valence-corrected chi connectivity index (χ0v) is 13.9. The second kappa shape index (κ2) is 6.54. The third kappa shape index (κ3) is 3.14. The maximum absolute atomic E-state index is 12.7. The lowest BCUT2D eigenvalue weighted by Crippen LogP contribution is -2.30. The van der Waals surface area contributed by atoms with E-state index >= 15 is 0 Å². The quantitative estimate of drug-likeness (QED) is 0.806. The van der Waals surface area contributed by atoms with E-state index in [1.807, 2.05) is 41.7 Å². The lowest BCUT2D eigenvalue weighted by molar-refractivity contribution is 0.0742. The van der Waals surface area contributed by atoms with Gasteiger partial charge in [0.25, 0.3) is 5.91 Å². The van der Waals surface area contributed by atoms with Crippen molar-refractivity contribution in [2.45, 2.75) is 46.0 Å². The Morgan fingerprint density at radius 1 is 1.48 bits per heavy atom. The van der Waals surface area contributed by atoms with Gasteiger partial charge in [-0.25, -0.2) is 0 Å². The monoisotopic (exact) mass is 317 g/mol. The lowest BCUT2D eigenvalue weighted by atomic mass is 10.2. The van der Waals surface area contributed by atoms with Crippen LogP contribution in [-0.4, -0.2) is 50.1 Å². The number of ether oxygens (including phenoxy) is 1. The molecule has 0 N–H and O–H groups in total. The van der Waals surface area contributed by atoms with E-state index in [0.717, 1.165) is 24.2 Å². The molecule has 0 radical (unpaired) electrons. The van der Waals surface area contributed by atoms with Crippen LogP contribution >= 0.6 is 0 Å². The Kier molecular flexibility index (Phi) is 4.47. The molecule has 1 aliphatic rings. The van der Waals surface area contributed by atoms with Gasteiger partial charge in [0.2, 0.25) is 0 Å². The van der Waals surface area contributed by atoms with E-state index < -0.39 is 0 Å². The van der Waals surface area contributed by atoms with Gasteiger partial charge in [0.15, 0.2) is 5.69 Å². The summed E-state index contributed by atoms with van der Waals surface area (Å²) in [7, 11) is 1.71. The zero-order valence-electron chi connectivity index (χ0n) is 13.9. The van der Waals surface area contributed by atoms with E-state index in [0.29, 0.717) is 25.3 Å². The number of hydrogen-bond donors (Lipinski definition) is 0. The first-order valence-electron chi connectivity index (χ1n) is 8.04. The molecule has 0 saturated heterocycles. The van der Waals surface area contributed by atoms with Crippen molar-refractivity contribution < 1.29 is 9.53 Å². The summed E-state index contributed by atoms with van der Waals surface area (Å²) < 4.78 is 9.09. The smallest absolute Gasteiger partial charge is 0.274 e. The Morgan fingerprint density at radius 2 is 2.30 bits per heavy atom. The highest BCUT2D eigenvalue weighted by atomic mass is 16.5. The molecule has 7 nitrogen and oxygen atoms in total. The van der Waals surface area contributed by atoms with Crippen molar-refractivity contribution in [1.29, 1.82) is 0 Å². The minimum atomic E-state index is -0.0346. The average molecular weight is 317 g/mol. The molecule has 1 amide bonds. The highest BCUT2D eigenvalue weighted by Gasteiger charge is 2.26. The molecule has 23 heavy (non-hydrogen) atoms. The van der Waals surface area contributed by atoms with Gasteiger partial charge < -0.3 is 9.64 Å². The molecular weight excluding hydrogens is 294 g/mol. The van der Waals surface area contributed by atoms with Gasteiger partial charge in [-0.1, -0.05) is 0 Å². The van der Waals surface area contributed by atoms with Crippen molar-refractivity contribution >= 4 is 5.91 Å². The Labute approximate surface area is 135 Å². The first-order valence-corrected chi connectivity index (χ1v) is 8.04. The average Bonchev–Trinajstić information content (AvgIpc) is 3.25. The Bertz CT molecular complexity index is 667. The molecule has 7 heteroatoms. The van der Waals surface area contributed by atoms with Crippen LogP contribution in [0, 0.1) is 0 Å². The summed E-state index contributed by atoms with van der Waals surface area (Å²) in [5.41, 5.74) is 2.61. The van der Waals surface area contributed by atoms with Crippen molar-refractivity contribution in [2.75, 3.05) is 13.7 Å². The summed E-state index contributed by atoms with van der Waals surface area (Å²) in [6.07, 6.45) is 4.78. The predicted octanol–water partition coefficient (Wildman–Crippen LogP) is 1.33. The van der Waals surface area contributed by atoms with Gasteiger partial charge in [-0.15, -0.1) is 0 Å². The van der Waals surface area contributed by atoms with E-state index in [-0.39, 0.29) is 12.0 Å². The highest BCUT2D eigenvalue weighted by molar-refractivity contribution is 5.92. The van der Waals surface area contributed by atoms with Crippen LogP contribution in [0.3, 0.4) is 0 Å². The van der Waals surface area contributed by atoms with Crippen molar-refractivity contribution in [3.8, 4) is 0 Å². The van der Waals surface area contributed by atoms with Gasteiger partial charge in [0.1, 0.15) is 0 Å². The van der Waals surface area contributed by atoms with Gasteiger partial charge in [-0.3, -0.25) is 14.2 Å². The maximum Gasteiger partial charge on any atom is 0.274 e. The number of rotatable bonds is 6. The van der Waals surface area contributed by atoms with E-state index in [4.69, 9.17) is 4.74 Å². The third-order valence-electron chi connectivity index (χ3n) is 4.28. The van der Waals surface area contributed by atoms with Gasteiger partial charge in [0, 0.05) is 50.6 Å². The highest BCUT2D eigenvalue weighted by Crippen LogP contribution is 2.19. The molecule has 2 aromatic heterocycles. The van der Waals surface area contributed by atoms with E-state index in [2.05, 4.69) is 10.2 Å². The summed E-state index contributed by atoms with van der Waals surface area (Å²) in [5.74, 6) is -0.0346. The number of hydrogen-bond acceptors (Lipinski definition) is 4. The van der Waals surface area contributed by atoms with Crippen LogP contribution in [0.1, 0.15) is 35.6 Å². The summed E-state index contributed by atoms with van der Waals surface area (Å²) >= 11 is 0. The SMILES string of the molecule is CCN(Cc1cnn(CC)c1)C(=O)c1cc2n(n1)C[C@@H](OC)C2. The molecule has 3 heterocycles. The fourth-order valence-corrected chi connectivity index (χ4v) is 2.90. The third-order valence-corrected chi connectivity index (χ3v) is 4.28. The number of carbonyl (C=O) groups is 1.